The van der Waals surface area contributed by atoms with Crippen LogP contribution in [0.3, 0.4) is 0 Å². The summed E-state index contributed by atoms with van der Waals surface area (Å²) in [5.74, 6) is 3.26. The summed E-state index contributed by atoms with van der Waals surface area (Å²) in [7, 11) is 0. The molecule has 0 amide bonds. The van der Waals surface area contributed by atoms with Crippen LogP contribution in [0, 0.1) is 24.2 Å². The zero-order valence-corrected chi connectivity index (χ0v) is 11.5. The lowest BCUT2D eigenvalue weighted by atomic mass is 9.62. The van der Waals surface area contributed by atoms with Gasteiger partial charge in [0.15, 0.2) is 0 Å². The van der Waals surface area contributed by atoms with Gasteiger partial charge in [-0.05, 0) is 68.4 Å². The van der Waals surface area contributed by atoms with Gasteiger partial charge in [-0.2, -0.15) is 0 Å². The van der Waals surface area contributed by atoms with Gasteiger partial charge in [-0.15, -0.1) is 0 Å². The molecule has 2 aromatic rings. The van der Waals surface area contributed by atoms with E-state index in [0.717, 1.165) is 17.3 Å². The summed E-state index contributed by atoms with van der Waals surface area (Å²) in [6, 6.07) is 9.33. The summed E-state index contributed by atoms with van der Waals surface area (Å²) < 4.78 is 2.54. The Balaban J connectivity index is 1.59. The molecule has 19 heavy (non-hydrogen) atoms. The van der Waals surface area contributed by atoms with Crippen molar-refractivity contribution in [3.05, 3.63) is 30.1 Å². The van der Waals surface area contributed by atoms with Gasteiger partial charge in [0.05, 0.1) is 11.0 Å². The second-order valence-corrected chi connectivity index (χ2v) is 7.01. The third kappa shape index (κ3) is 1.20. The minimum absolute atomic E-state index is 0.707. The second kappa shape index (κ2) is 3.23. The van der Waals surface area contributed by atoms with Gasteiger partial charge in [-0.3, -0.25) is 0 Å². The SMILES string of the molecule is Cc1nc2ccccc2n1C1CC2CCC23CC3C1. The maximum atomic E-state index is 4.75. The van der Waals surface area contributed by atoms with Gasteiger partial charge in [0.2, 0.25) is 0 Å². The quantitative estimate of drug-likeness (QED) is 0.747. The van der Waals surface area contributed by atoms with Crippen molar-refractivity contribution in [2.45, 2.75) is 45.1 Å². The van der Waals surface area contributed by atoms with Crippen LogP contribution in [0.5, 0.6) is 0 Å². The van der Waals surface area contributed by atoms with Gasteiger partial charge >= 0.3 is 0 Å². The Labute approximate surface area is 113 Å². The van der Waals surface area contributed by atoms with Crippen LogP contribution in [-0.2, 0) is 0 Å². The van der Waals surface area contributed by atoms with Crippen molar-refractivity contribution in [1.29, 1.82) is 0 Å². The first-order valence-corrected chi connectivity index (χ1v) is 7.71. The van der Waals surface area contributed by atoms with Crippen LogP contribution in [0.2, 0.25) is 0 Å². The van der Waals surface area contributed by atoms with E-state index in [-0.39, 0.29) is 0 Å². The molecule has 0 saturated heterocycles. The molecule has 3 aliphatic rings. The maximum absolute atomic E-state index is 4.75. The molecule has 3 aliphatic carbocycles. The number of hydrogen-bond donors (Lipinski definition) is 0. The smallest absolute Gasteiger partial charge is 0.106 e. The molecule has 4 atom stereocenters. The Morgan fingerprint density at radius 2 is 2.05 bits per heavy atom. The first kappa shape index (κ1) is 10.5. The van der Waals surface area contributed by atoms with Crippen molar-refractivity contribution in [2.75, 3.05) is 0 Å². The molecule has 4 unspecified atom stereocenters. The van der Waals surface area contributed by atoms with Crippen LogP contribution in [0.4, 0.5) is 0 Å². The molecule has 1 aromatic heterocycles. The number of imidazole rings is 1. The van der Waals surface area contributed by atoms with E-state index >= 15 is 0 Å². The lowest BCUT2D eigenvalue weighted by Crippen LogP contribution is -2.36. The summed E-state index contributed by atoms with van der Waals surface area (Å²) in [6.45, 7) is 2.18. The predicted octanol–water partition coefficient (Wildman–Crippen LogP) is 4.10. The number of rotatable bonds is 1. The standard InChI is InChI=1S/C17H20N2/c1-11-18-15-4-2-3-5-16(15)19(11)14-8-12-6-7-17(12)10-13(17)9-14/h2-5,12-14H,6-10H2,1H3. The maximum Gasteiger partial charge on any atom is 0.106 e. The summed E-state index contributed by atoms with van der Waals surface area (Å²) in [5.41, 5.74) is 3.35. The Morgan fingerprint density at radius 1 is 1.21 bits per heavy atom. The molecule has 0 aliphatic heterocycles. The van der Waals surface area contributed by atoms with Crippen LogP contribution in [-0.4, -0.2) is 9.55 Å². The van der Waals surface area contributed by atoms with Crippen molar-refractivity contribution in [3.8, 4) is 0 Å². The van der Waals surface area contributed by atoms with Gasteiger partial charge in [-0.25, -0.2) is 4.98 Å². The Morgan fingerprint density at radius 3 is 2.84 bits per heavy atom. The number of para-hydroxylation sites is 2. The first-order valence-electron chi connectivity index (χ1n) is 7.71. The minimum Gasteiger partial charge on any atom is -0.325 e. The number of hydrogen-bond acceptors (Lipinski definition) is 1. The summed E-state index contributed by atoms with van der Waals surface area (Å²) in [4.78, 5) is 4.75. The Hall–Kier alpha value is -1.31. The number of fused-ring (bicyclic) bond motifs is 1. The van der Waals surface area contributed by atoms with Gasteiger partial charge in [0.25, 0.3) is 0 Å². The lowest BCUT2D eigenvalue weighted by molar-refractivity contribution is 0.0619. The van der Waals surface area contributed by atoms with E-state index in [2.05, 4.69) is 35.8 Å². The molecule has 3 saturated carbocycles. The van der Waals surface area contributed by atoms with E-state index in [1.54, 1.807) is 0 Å². The topological polar surface area (TPSA) is 17.8 Å². The molecular weight excluding hydrogens is 232 g/mol. The molecule has 1 aromatic carbocycles. The fraction of sp³-hybridized carbons (Fsp3) is 0.588. The van der Waals surface area contributed by atoms with Crippen molar-refractivity contribution < 1.29 is 0 Å². The van der Waals surface area contributed by atoms with E-state index in [9.17, 15) is 0 Å². The van der Waals surface area contributed by atoms with E-state index in [1.165, 1.54) is 49.0 Å². The summed E-state index contributed by atoms with van der Waals surface area (Å²) in [5, 5.41) is 0. The highest BCUT2D eigenvalue weighted by Gasteiger charge is 2.66. The van der Waals surface area contributed by atoms with E-state index in [0.29, 0.717) is 6.04 Å². The predicted molar refractivity (Wildman–Crippen MR) is 76.0 cm³/mol. The number of nitrogens with zero attached hydrogens (tertiary/aromatic N) is 2. The molecule has 1 spiro atoms. The van der Waals surface area contributed by atoms with Crippen molar-refractivity contribution >= 4 is 11.0 Å². The van der Waals surface area contributed by atoms with Crippen LogP contribution in [0.15, 0.2) is 24.3 Å². The second-order valence-electron chi connectivity index (χ2n) is 7.01. The Kier molecular flexibility index (Phi) is 1.78. The molecule has 5 rings (SSSR count). The summed E-state index contributed by atoms with van der Waals surface area (Å²) >= 11 is 0. The molecule has 3 fully saturated rings. The monoisotopic (exact) mass is 252 g/mol. The molecule has 2 nitrogen and oxygen atoms in total. The highest BCUT2D eigenvalue weighted by Crippen LogP contribution is 2.75. The molecule has 0 bridgehead atoms. The van der Waals surface area contributed by atoms with Crippen LogP contribution >= 0.6 is 0 Å². The van der Waals surface area contributed by atoms with Gasteiger partial charge in [-0.1, -0.05) is 12.1 Å². The minimum atomic E-state index is 0.707. The molecule has 0 radical (unpaired) electrons. The first-order chi connectivity index (χ1) is 9.28. The van der Waals surface area contributed by atoms with Crippen LogP contribution < -0.4 is 0 Å². The van der Waals surface area contributed by atoms with Crippen molar-refractivity contribution in [3.63, 3.8) is 0 Å². The zero-order chi connectivity index (χ0) is 12.6. The fourth-order valence-corrected chi connectivity index (χ4v) is 5.19. The fourth-order valence-electron chi connectivity index (χ4n) is 5.19. The third-order valence-electron chi connectivity index (χ3n) is 6.30. The highest BCUT2D eigenvalue weighted by atomic mass is 15.1. The molecule has 98 valence electrons. The van der Waals surface area contributed by atoms with Crippen molar-refractivity contribution in [1.82, 2.24) is 9.55 Å². The van der Waals surface area contributed by atoms with E-state index in [4.69, 9.17) is 4.98 Å². The molecule has 0 N–H and O–H groups in total. The lowest BCUT2D eigenvalue weighted by Gasteiger charge is -2.45. The number of benzene rings is 1. The largest absolute Gasteiger partial charge is 0.325 e. The normalized spacial score (nSPS) is 39.5. The van der Waals surface area contributed by atoms with Gasteiger partial charge < -0.3 is 4.57 Å². The molecule has 1 heterocycles. The average Bonchev–Trinajstić information content (AvgIpc) is 3.05. The van der Waals surface area contributed by atoms with E-state index < -0.39 is 0 Å². The third-order valence-corrected chi connectivity index (χ3v) is 6.30. The Bertz CT molecular complexity index is 671. The van der Waals surface area contributed by atoms with E-state index in [1.807, 2.05) is 0 Å². The average molecular weight is 252 g/mol. The number of aryl methyl sites for hydroxylation is 1. The van der Waals surface area contributed by atoms with Crippen LogP contribution in [0.25, 0.3) is 11.0 Å². The zero-order valence-electron chi connectivity index (χ0n) is 11.5. The highest BCUT2D eigenvalue weighted by molar-refractivity contribution is 5.76. The summed E-state index contributed by atoms with van der Waals surface area (Å²) in [6.07, 6.45) is 7.34. The molecule has 2 heteroatoms. The van der Waals surface area contributed by atoms with Crippen LogP contribution in [0.1, 0.15) is 44.0 Å². The van der Waals surface area contributed by atoms with Gasteiger partial charge in [0, 0.05) is 6.04 Å². The van der Waals surface area contributed by atoms with Crippen molar-refractivity contribution in [2.24, 2.45) is 17.3 Å². The molecular formula is C17H20N2. The number of aromatic nitrogens is 2. The van der Waals surface area contributed by atoms with Gasteiger partial charge in [0.1, 0.15) is 5.82 Å².